The molecule has 3 fully saturated rings. The minimum absolute atomic E-state index is 0.430. The third-order valence-corrected chi connectivity index (χ3v) is 4.91. The second-order valence-corrected chi connectivity index (χ2v) is 5.67. The van der Waals surface area contributed by atoms with Gasteiger partial charge in [-0.25, -0.2) is 0 Å². The lowest BCUT2D eigenvalue weighted by atomic mass is 10.0. The molecule has 3 heteroatoms. The van der Waals surface area contributed by atoms with Crippen LogP contribution in [0.2, 0.25) is 0 Å². The van der Waals surface area contributed by atoms with Crippen molar-refractivity contribution in [3.05, 3.63) is 0 Å². The smallest absolute Gasteiger partial charge is 0.226 e. The lowest BCUT2D eigenvalue weighted by Crippen LogP contribution is -2.44. The van der Waals surface area contributed by atoms with E-state index >= 15 is 0 Å². The van der Waals surface area contributed by atoms with Gasteiger partial charge in [0, 0.05) is 25.0 Å². The van der Waals surface area contributed by atoms with E-state index in [-0.39, 0.29) is 0 Å². The number of carbonyl (C=O) groups is 1. The van der Waals surface area contributed by atoms with Crippen LogP contribution in [0.25, 0.3) is 0 Å². The van der Waals surface area contributed by atoms with Gasteiger partial charge in [0.25, 0.3) is 0 Å². The monoisotopic (exact) mass is 222 g/mol. The molecule has 2 saturated carbocycles. The fourth-order valence-electron chi connectivity index (χ4n) is 3.79. The topological polar surface area (TPSA) is 32.3 Å². The Bertz CT molecular complexity index is 274. The highest BCUT2D eigenvalue weighted by Crippen LogP contribution is 2.58. The van der Waals surface area contributed by atoms with Crippen LogP contribution in [0.3, 0.4) is 0 Å². The Morgan fingerprint density at radius 1 is 1.12 bits per heavy atom. The van der Waals surface area contributed by atoms with Crippen molar-refractivity contribution in [2.24, 2.45) is 17.8 Å². The summed E-state index contributed by atoms with van der Waals surface area (Å²) in [7, 11) is 2.02. The van der Waals surface area contributed by atoms with Crippen molar-refractivity contribution < 1.29 is 4.79 Å². The standard InChI is InChI=1S/C13H22N2O/c1-14-9-5-7-15(8-6-9)13(16)12-10-3-2-4-11(10)12/h9-12,14H,2-8H2,1H3. The molecule has 3 aliphatic rings. The highest BCUT2D eigenvalue weighted by molar-refractivity contribution is 5.82. The van der Waals surface area contributed by atoms with Crippen LogP contribution < -0.4 is 5.32 Å². The van der Waals surface area contributed by atoms with Gasteiger partial charge in [0.2, 0.25) is 5.91 Å². The predicted molar refractivity (Wildman–Crippen MR) is 63.0 cm³/mol. The van der Waals surface area contributed by atoms with Crippen molar-refractivity contribution in [3.63, 3.8) is 0 Å². The zero-order chi connectivity index (χ0) is 11.1. The first kappa shape index (κ1) is 10.6. The maximum atomic E-state index is 12.3. The molecule has 0 radical (unpaired) electrons. The fraction of sp³-hybridized carbons (Fsp3) is 0.923. The second-order valence-electron chi connectivity index (χ2n) is 5.67. The van der Waals surface area contributed by atoms with Crippen molar-refractivity contribution in [1.29, 1.82) is 0 Å². The number of fused-ring (bicyclic) bond motifs is 1. The van der Waals surface area contributed by atoms with E-state index in [4.69, 9.17) is 0 Å². The molecule has 1 heterocycles. The third kappa shape index (κ3) is 1.65. The molecule has 0 aromatic rings. The Kier molecular flexibility index (Phi) is 2.66. The van der Waals surface area contributed by atoms with E-state index in [1.54, 1.807) is 0 Å². The number of amides is 1. The van der Waals surface area contributed by atoms with Gasteiger partial charge < -0.3 is 10.2 Å². The average molecular weight is 222 g/mol. The number of likely N-dealkylation sites (tertiary alicyclic amines) is 1. The van der Waals surface area contributed by atoms with E-state index in [1.165, 1.54) is 19.3 Å². The molecule has 3 nitrogen and oxygen atoms in total. The van der Waals surface area contributed by atoms with E-state index in [2.05, 4.69) is 10.2 Å². The molecule has 1 aliphatic heterocycles. The summed E-state index contributed by atoms with van der Waals surface area (Å²) in [6, 6.07) is 0.628. The summed E-state index contributed by atoms with van der Waals surface area (Å²) in [5.74, 6) is 2.45. The molecule has 0 bridgehead atoms. The van der Waals surface area contributed by atoms with Crippen LogP contribution in [-0.2, 0) is 4.79 Å². The number of carbonyl (C=O) groups excluding carboxylic acids is 1. The molecule has 0 aromatic carbocycles. The molecule has 1 amide bonds. The lowest BCUT2D eigenvalue weighted by Gasteiger charge is -2.32. The predicted octanol–water partition coefficient (Wildman–Crippen LogP) is 1.24. The van der Waals surface area contributed by atoms with Gasteiger partial charge in [0.15, 0.2) is 0 Å². The van der Waals surface area contributed by atoms with Crippen molar-refractivity contribution in [2.45, 2.75) is 38.1 Å². The van der Waals surface area contributed by atoms with Crippen LogP contribution in [-0.4, -0.2) is 37.0 Å². The molecule has 0 aromatic heterocycles. The van der Waals surface area contributed by atoms with Crippen LogP contribution >= 0.6 is 0 Å². The molecule has 1 N–H and O–H groups in total. The maximum Gasteiger partial charge on any atom is 0.226 e. The SMILES string of the molecule is CNC1CCN(C(=O)C2C3CCCC32)CC1. The van der Waals surface area contributed by atoms with Gasteiger partial charge in [0.05, 0.1) is 0 Å². The van der Waals surface area contributed by atoms with Crippen LogP contribution in [0.1, 0.15) is 32.1 Å². The van der Waals surface area contributed by atoms with E-state index < -0.39 is 0 Å². The van der Waals surface area contributed by atoms with Crippen LogP contribution in [0.5, 0.6) is 0 Å². The highest BCUT2D eigenvalue weighted by Gasteiger charge is 2.57. The van der Waals surface area contributed by atoms with E-state index in [9.17, 15) is 4.79 Å². The first-order chi connectivity index (χ1) is 7.81. The zero-order valence-corrected chi connectivity index (χ0v) is 10.1. The molecule has 2 unspecified atom stereocenters. The van der Waals surface area contributed by atoms with E-state index in [0.29, 0.717) is 17.9 Å². The van der Waals surface area contributed by atoms with Crippen molar-refractivity contribution >= 4 is 5.91 Å². The lowest BCUT2D eigenvalue weighted by molar-refractivity contribution is -0.134. The van der Waals surface area contributed by atoms with Crippen LogP contribution in [0, 0.1) is 17.8 Å². The van der Waals surface area contributed by atoms with Crippen LogP contribution in [0.4, 0.5) is 0 Å². The first-order valence-electron chi connectivity index (χ1n) is 6.77. The first-order valence-corrected chi connectivity index (χ1v) is 6.77. The molecule has 0 spiro atoms. The van der Waals surface area contributed by atoms with E-state index in [1.807, 2.05) is 7.05 Å². The Morgan fingerprint density at radius 2 is 1.75 bits per heavy atom. The number of hydrogen-bond donors (Lipinski definition) is 1. The number of rotatable bonds is 2. The molecule has 90 valence electrons. The van der Waals surface area contributed by atoms with E-state index in [0.717, 1.165) is 37.8 Å². The van der Waals surface area contributed by atoms with Gasteiger partial charge in [-0.2, -0.15) is 0 Å². The Morgan fingerprint density at radius 3 is 2.31 bits per heavy atom. The van der Waals surface area contributed by atoms with Gasteiger partial charge in [-0.1, -0.05) is 6.42 Å². The Hall–Kier alpha value is -0.570. The van der Waals surface area contributed by atoms with Gasteiger partial charge >= 0.3 is 0 Å². The van der Waals surface area contributed by atoms with Gasteiger partial charge in [-0.3, -0.25) is 4.79 Å². The van der Waals surface area contributed by atoms with Gasteiger partial charge in [-0.05, 0) is 44.6 Å². The van der Waals surface area contributed by atoms with Gasteiger partial charge in [0.1, 0.15) is 0 Å². The summed E-state index contributed by atoms with van der Waals surface area (Å²) in [6.45, 7) is 1.94. The fourth-order valence-corrected chi connectivity index (χ4v) is 3.79. The van der Waals surface area contributed by atoms with Crippen molar-refractivity contribution in [2.75, 3.05) is 20.1 Å². The summed E-state index contributed by atoms with van der Waals surface area (Å²) in [5.41, 5.74) is 0. The summed E-state index contributed by atoms with van der Waals surface area (Å²) >= 11 is 0. The number of hydrogen-bond acceptors (Lipinski definition) is 2. The highest BCUT2D eigenvalue weighted by atomic mass is 16.2. The Balaban J connectivity index is 1.53. The Labute approximate surface area is 97.6 Å². The van der Waals surface area contributed by atoms with Crippen molar-refractivity contribution in [3.8, 4) is 0 Å². The number of nitrogens with zero attached hydrogens (tertiary/aromatic N) is 1. The zero-order valence-electron chi connectivity index (χ0n) is 10.1. The summed E-state index contributed by atoms with van der Waals surface area (Å²) in [5, 5.41) is 3.31. The summed E-state index contributed by atoms with van der Waals surface area (Å²) in [6.07, 6.45) is 6.25. The van der Waals surface area contributed by atoms with Crippen LogP contribution in [0.15, 0.2) is 0 Å². The molecule has 2 atom stereocenters. The minimum atomic E-state index is 0.430. The molecular weight excluding hydrogens is 200 g/mol. The summed E-state index contributed by atoms with van der Waals surface area (Å²) in [4.78, 5) is 14.4. The number of piperidine rings is 1. The summed E-state index contributed by atoms with van der Waals surface area (Å²) < 4.78 is 0. The normalized spacial score (nSPS) is 38.6. The molecule has 2 aliphatic carbocycles. The number of nitrogens with one attached hydrogen (secondary N) is 1. The molecular formula is C13H22N2O. The minimum Gasteiger partial charge on any atom is -0.342 e. The average Bonchev–Trinajstić information content (AvgIpc) is 2.81. The molecule has 1 saturated heterocycles. The largest absolute Gasteiger partial charge is 0.342 e. The molecule has 16 heavy (non-hydrogen) atoms. The van der Waals surface area contributed by atoms with Gasteiger partial charge in [-0.15, -0.1) is 0 Å². The molecule has 3 rings (SSSR count). The maximum absolute atomic E-state index is 12.3. The third-order valence-electron chi connectivity index (χ3n) is 4.91. The van der Waals surface area contributed by atoms with Crippen molar-refractivity contribution in [1.82, 2.24) is 10.2 Å². The quantitative estimate of drug-likeness (QED) is 0.762. The second kappa shape index (κ2) is 4.02.